The van der Waals surface area contributed by atoms with Crippen LogP contribution >= 0.6 is 0 Å². The minimum atomic E-state index is -2.06. The van der Waals surface area contributed by atoms with E-state index in [2.05, 4.69) is 33.9 Å². The number of benzene rings is 4. The molecule has 1 saturated heterocycles. The summed E-state index contributed by atoms with van der Waals surface area (Å²) >= 11 is 0. The highest BCUT2D eigenvalue weighted by atomic mass is 28.4. The zero-order chi connectivity index (χ0) is 51.0. The molecule has 0 aromatic heterocycles. The normalized spacial score (nSPS) is 16.0. The molecule has 15 nitrogen and oxygen atoms in total. The molecule has 70 heavy (non-hydrogen) atoms. The summed E-state index contributed by atoms with van der Waals surface area (Å²) in [6.45, 7) is 13.0. The third-order valence-corrected chi connectivity index (χ3v) is 17.6. The number of carbonyl (C=O) groups excluding carboxylic acids is 4. The van der Waals surface area contributed by atoms with Gasteiger partial charge in [-0.2, -0.15) is 0 Å². The molecule has 4 aromatic carbocycles. The minimum absolute atomic E-state index is 0.00408. The van der Waals surface area contributed by atoms with Crippen molar-refractivity contribution in [2.24, 2.45) is 10.8 Å². The van der Waals surface area contributed by atoms with E-state index in [9.17, 15) is 24.3 Å². The van der Waals surface area contributed by atoms with E-state index in [1.54, 1.807) is 101 Å². The predicted molar refractivity (Wildman–Crippen MR) is 263 cm³/mol. The lowest BCUT2D eigenvalue weighted by molar-refractivity contribution is -0.191. The summed E-state index contributed by atoms with van der Waals surface area (Å²) in [7, 11) is 4.26. The fraction of sp³-hybridized carbons (Fsp3) is 0.481. The van der Waals surface area contributed by atoms with Gasteiger partial charge < -0.3 is 52.2 Å². The average molecular weight is 987 g/mol. The lowest BCUT2D eigenvalue weighted by Gasteiger charge is -2.48. The van der Waals surface area contributed by atoms with Crippen molar-refractivity contribution in [3.05, 3.63) is 119 Å². The molecule has 380 valence electrons. The van der Waals surface area contributed by atoms with Crippen molar-refractivity contribution >= 4 is 32.2 Å². The third-order valence-electron chi connectivity index (χ3n) is 13.1. The van der Waals surface area contributed by atoms with Crippen molar-refractivity contribution in [1.82, 2.24) is 0 Å². The number of hydrogen-bond acceptors (Lipinski definition) is 15. The summed E-state index contributed by atoms with van der Waals surface area (Å²) < 4.78 is 53.9. The van der Waals surface area contributed by atoms with Gasteiger partial charge in [-0.25, -0.2) is 0 Å². The number of carbonyl (C=O) groups is 4. The van der Waals surface area contributed by atoms with Crippen LogP contribution < -0.4 is 18.9 Å². The standard InChI is InChI=1S/C28H38O7Si.C22H24O7.C4H8O/c1-27(2,3)36(6,7)35-24-16-28(17-24,25(29)33-18-20-8-12-22(31-4)13-9-20)26(30)34-19-21-10-14-23(32-5)15-11-21;1-26-18-7-3-15(4-8-18)13-28-20(24)22(11-17(23)12-22)21(25)29-14-16-5-9-19(27-2)10-6-16;1-2-4-5-3-1/h8-15,24H,16-19H2,1-7H3;3-10,17,23H,11-14H2,1-2H3;1-4H2. The maximum absolute atomic E-state index is 13.3. The first-order chi connectivity index (χ1) is 33.4. The summed E-state index contributed by atoms with van der Waals surface area (Å²) in [5, 5.41) is 9.75. The van der Waals surface area contributed by atoms with Gasteiger partial charge in [0.1, 0.15) is 49.4 Å². The molecule has 4 aromatic rings. The Kier molecular flexibility index (Phi) is 19.8. The van der Waals surface area contributed by atoms with Crippen molar-refractivity contribution in [3.8, 4) is 23.0 Å². The Bertz CT molecular complexity index is 2130. The molecule has 1 aliphatic heterocycles. The number of aliphatic hydroxyl groups is 1. The number of esters is 4. The molecular formula is C54H70O15Si. The number of aliphatic hydroxyl groups excluding tert-OH is 1. The molecule has 1 heterocycles. The van der Waals surface area contributed by atoms with E-state index >= 15 is 0 Å². The number of hydrogen-bond donors (Lipinski definition) is 1. The van der Waals surface area contributed by atoms with Crippen LogP contribution in [0.4, 0.5) is 0 Å². The van der Waals surface area contributed by atoms with Gasteiger partial charge in [-0.15, -0.1) is 0 Å². The van der Waals surface area contributed by atoms with E-state index in [0.29, 0.717) is 23.0 Å². The highest BCUT2D eigenvalue weighted by molar-refractivity contribution is 6.74. The molecule has 3 aliphatic rings. The van der Waals surface area contributed by atoms with Crippen molar-refractivity contribution in [2.75, 3.05) is 41.7 Å². The second-order valence-electron chi connectivity index (χ2n) is 19.2. The zero-order valence-electron chi connectivity index (χ0n) is 42.0. The minimum Gasteiger partial charge on any atom is -0.497 e. The first-order valence-electron chi connectivity index (χ1n) is 23.5. The van der Waals surface area contributed by atoms with Gasteiger partial charge in [0.05, 0.1) is 34.5 Å². The SMILES string of the molecule is C1CCOC1.COc1ccc(COC(=O)C2(C(=O)OCc3ccc(OC)cc3)CC(O)C2)cc1.COc1ccc(COC(=O)C2(C(=O)OCc3ccc(OC)cc3)CC(O[Si](C)(C)C(C)(C)C)C2)cc1. The Hall–Kier alpha value is -5.94. The van der Waals surface area contributed by atoms with Crippen LogP contribution in [0.1, 0.15) is 81.5 Å². The summed E-state index contributed by atoms with van der Waals surface area (Å²) in [6.07, 6.45) is 2.14. The van der Waals surface area contributed by atoms with E-state index in [1.807, 2.05) is 24.3 Å². The molecule has 1 N–H and O–H groups in total. The summed E-state index contributed by atoms with van der Waals surface area (Å²) in [6, 6.07) is 28.6. The van der Waals surface area contributed by atoms with Gasteiger partial charge in [0, 0.05) is 32.2 Å². The molecule has 2 aliphatic carbocycles. The molecule has 3 fully saturated rings. The maximum atomic E-state index is 13.3. The molecule has 7 rings (SSSR count). The second kappa shape index (κ2) is 25.3. The number of methoxy groups -OCH3 is 4. The van der Waals surface area contributed by atoms with Gasteiger partial charge in [0.25, 0.3) is 0 Å². The van der Waals surface area contributed by atoms with Crippen LogP contribution in [0.25, 0.3) is 0 Å². The van der Waals surface area contributed by atoms with Crippen molar-refractivity contribution in [3.63, 3.8) is 0 Å². The third kappa shape index (κ3) is 14.8. The summed E-state index contributed by atoms with van der Waals surface area (Å²) in [5.41, 5.74) is 0.310. The van der Waals surface area contributed by atoms with E-state index in [4.69, 9.17) is 47.1 Å². The van der Waals surface area contributed by atoms with Crippen molar-refractivity contribution in [1.29, 1.82) is 0 Å². The van der Waals surface area contributed by atoms with Crippen LogP contribution in [0.3, 0.4) is 0 Å². The quantitative estimate of drug-likeness (QED) is 0.0431. The van der Waals surface area contributed by atoms with E-state index in [1.165, 1.54) is 12.8 Å². The van der Waals surface area contributed by atoms with Crippen LogP contribution in [0.15, 0.2) is 97.1 Å². The van der Waals surface area contributed by atoms with E-state index in [-0.39, 0.29) is 63.3 Å². The van der Waals surface area contributed by atoms with Gasteiger partial charge in [0.15, 0.2) is 19.1 Å². The molecule has 0 spiro atoms. The van der Waals surface area contributed by atoms with Crippen LogP contribution in [0.5, 0.6) is 23.0 Å². The monoisotopic (exact) mass is 986 g/mol. The lowest BCUT2D eigenvalue weighted by Crippen LogP contribution is -2.58. The highest BCUT2D eigenvalue weighted by Gasteiger charge is 2.61. The molecule has 0 atom stereocenters. The first kappa shape index (κ1) is 55.0. The number of ether oxygens (including phenoxy) is 9. The van der Waals surface area contributed by atoms with Crippen LogP contribution in [-0.4, -0.2) is 91.2 Å². The second-order valence-corrected chi connectivity index (χ2v) is 23.9. The summed E-state index contributed by atoms with van der Waals surface area (Å²) in [5.74, 6) is 0.307. The summed E-state index contributed by atoms with van der Waals surface area (Å²) in [4.78, 5) is 51.9. The maximum Gasteiger partial charge on any atom is 0.324 e. The lowest BCUT2D eigenvalue weighted by atomic mass is 9.66. The van der Waals surface area contributed by atoms with Gasteiger partial charge in [-0.05, 0) is 115 Å². The topological polar surface area (TPSA) is 181 Å². The molecular weight excluding hydrogens is 917 g/mol. The smallest absolute Gasteiger partial charge is 0.324 e. The van der Waals surface area contributed by atoms with Gasteiger partial charge in [-0.1, -0.05) is 69.3 Å². The zero-order valence-corrected chi connectivity index (χ0v) is 43.0. The fourth-order valence-electron chi connectivity index (χ4n) is 7.52. The molecule has 16 heteroatoms. The van der Waals surface area contributed by atoms with Gasteiger partial charge >= 0.3 is 23.9 Å². The van der Waals surface area contributed by atoms with Gasteiger partial charge in [-0.3, -0.25) is 19.2 Å². The van der Waals surface area contributed by atoms with Gasteiger partial charge in [0.2, 0.25) is 0 Å². The predicted octanol–water partition coefficient (Wildman–Crippen LogP) is 9.09. The number of rotatable bonds is 18. The Morgan fingerprint density at radius 1 is 0.514 bits per heavy atom. The molecule has 0 amide bonds. The first-order valence-corrected chi connectivity index (χ1v) is 26.4. The molecule has 0 bridgehead atoms. The largest absolute Gasteiger partial charge is 0.497 e. The average Bonchev–Trinajstić information content (AvgIpc) is 3.95. The van der Waals surface area contributed by atoms with E-state index < -0.39 is 49.1 Å². The van der Waals surface area contributed by atoms with Crippen LogP contribution in [-0.2, 0) is 73.7 Å². The Morgan fingerprint density at radius 3 is 1.00 bits per heavy atom. The van der Waals surface area contributed by atoms with Crippen molar-refractivity contribution in [2.45, 2.75) is 116 Å². The Morgan fingerprint density at radius 2 is 0.786 bits per heavy atom. The molecule has 2 saturated carbocycles. The molecule has 0 radical (unpaired) electrons. The fourth-order valence-corrected chi connectivity index (χ4v) is 8.87. The van der Waals surface area contributed by atoms with E-state index in [0.717, 1.165) is 35.5 Å². The Labute approximate surface area is 413 Å². The van der Waals surface area contributed by atoms with Crippen LogP contribution in [0, 0.1) is 10.8 Å². The highest BCUT2D eigenvalue weighted by Crippen LogP contribution is 2.49. The van der Waals surface area contributed by atoms with Crippen LogP contribution in [0.2, 0.25) is 18.1 Å². The molecule has 0 unspecified atom stereocenters. The van der Waals surface area contributed by atoms with Crippen molar-refractivity contribution < 1.29 is 71.3 Å². The Balaban J connectivity index is 0.000000241.